The molecule has 0 aromatic rings. The maximum absolute atomic E-state index is 5.21. The van der Waals surface area contributed by atoms with Gasteiger partial charge in [-0.2, -0.15) is 0 Å². The molecule has 3 heteroatoms. The van der Waals surface area contributed by atoms with Crippen LogP contribution in [0.5, 0.6) is 0 Å². The van der Waals surface area contributed by atoms with Crippen LogP contribution in [-0.2, 0) is 4.74 Å². The number of nitrogens with zero attached hydrogens (tertiary/aromatic N) is 2. The summed E-state index contributed by atoms with van der Waals surface area (Å²) in [6.45, 7) is 9.36. The maximum atomic E-state index is 5.21. The molecule has 0 radical (unpaired) electrons. The van der Waals surface area contributed by atoms with Crippen molar-refractivity contribution in [3.63, 3.8) is 0 Å². The summed E-state index contributed by atoms with van der Waals surface area (Å²) in [5, 5.41) is 0. The lowest BCUT2D eigenvalue weighted by atomic mass is 9.97. The van der Waals surface area contributed by atoms with Crippen LogP contribution in [0.4, 0.5) is 0 Å². The Morgan fingerprint density at radius 1 is 1.44 bits per heavy atom. The highest BCUT2D eigenvalue weighted by atomic mass is 16.5. The van der Waals surface area contributed by atoms with E-state index in [4.69, 9.17) is 4.74 Å². The van der Waals surface area contributed by atoms with Crippen molar-refractivity contribution in [3.05, 3.63) is 12.7 Å². The molecule has 0 bridgehead atoms. The van der Waals surface area contributed by atoms with Crippen LogP contribution in [0.15, 0.2) is 22.6 Å². The van der Waals surface area contributed by atoms with E-state index >= 15 is 0 Å². The van der Waals surface area contributed by atoms with Crippen LogP contribution >= 0.6 is 0 Å². The molecule has 0 unspecified atom stereocenters. The van der Waals surface area contributed by atoms with Gasteiger partial charge in [-0.15, -0.1) is 6.58 Å². The molecule has 1 rings (SSSR count). The van der Waals surface area contributed by atoms with E-state index in [1.807, 2.05) is 19.9 Å². The maximum Gasteiger partial charge on any atom is 0.119 e. The fourth-order valence-electron chi connectivity index (χ4n) is 1.46. The molecule has 0 N–H and O–H groups in total. The molecule has 1 fully saturated rings. The molecule has 0 aliphatic carbocycles. The normalized spacial score (nSPS) is 18.1. The third-order valence-corrected chi connectivity index (χ3v) is 2.48. The average Bonchev–Trinajstić information content (AvgIpc) is 2.32. The van der Waals surface area contributed by atoms with E-state index in [9.17, 15) is 0 Å². The number of amidine groups is 1. The number of ether oxygens (including phenoxy) is 1. The quantitative estimate of drug-likeness (QED) is 0.403. The Bertz CT molecular complexity index is 228. The van der Waals surface area contributed by atoms with Crippen LogP contribution in [0.3, 0.4) is 0 Å². The zero-order chi connectivity index (χ0) is 12.2. The summed E-state index contributed by atoms with van der Waals surface area (Å²) in [7, 11) is 1.72. The van der Waals surface area contributed by atoms with E-state index in [-0.39, 0.29) is 0 Å². The van der Waals surface area contributed by atoms with Gasteiger partial charge in [0.1, 0.15) is 5.84 Å². The summed E-state index contributed by atoms with van der Waals surface area (Å²) in [5.41, 5.74) is 0. The average molecular weight is 224 g/mol. The molecule has 0 saturated carbocycles. The molecular formula is C13H24N2O. The first-order chi connectivity index (χ1) is 7.74. The van der Waals surface area contributed by atoms with Gasteiger partial charge in [-0.1, -0.05) is 6.08 Å². The lowest BCUT2D eigenvalue weighted by Crippen LogP contribution is -2.14. The number of hydrogen-bond acceptors (Lipinski definition) is 2. The van der Waals surface area contributed by atoms with Gasteiger partial charge in [0.15, 0.2) is 0 Å². The van der Waals surface area contributed by atoms with Crippen LogP contribution in [0.1, 0.15) is 33.1 Å². The van der Waals surface area contributed by atoms with Crippen LogP contribution in [0, 0.1) is 5.92 Å². The van der Waals surface area contributed by atoms with Crippen molar-refractivity contribution in [2.24, 2.45) is 15.9 Å². The van der Waals surface area contributed by atoms with Gasteiger partial charge in [0.05, 0.1) is 0 Å². The molecule has 1 aliphatic rings. The summed E-state index contributed by atoms with van der Waals surface area (Å²) in [4.78, 5) is 7.66. The van der Waals surface area contributed by atoms with Crippen LogP contribution in [0.2, 0.25) is 0 Å². The molecule has 1 saturated heterocycles. The monoisotopic (exact) mass is 224 g/mol. The van der Waals surface area contributed by atoms with Gasteiger partial charge in [-0.05, 0) is 39.0 Å². The predicted octanol–water partition coefficient (Wildman–Crippen LogP) is 3.11. The molecular weight excluding hydrogens is 200 g/mol. The zero-order valence-corrected chi connectivity index (χ0v) is 10.8. The highest BCUT2D eigenvalue weighted by Gasteiger charge is 2.10. The minimum atomic E-state index is 0.822. The van der Waals surface area contributed by atoms with E-state index < -0.39 is 0 Å². The lowest BCUT2D eigenvalue weighted by Gasteiger charge is -2.19. The van der Waals surface area contributed by atoms with Gasteiger partial charge in [0.25, 0.3) is 0 Å². The van der Waals surface area contributed by atoms with E-state index in [0.717, 1.165) is 25.0 Å². The fraction of sp³-hybridized carbons (Fsp3) is 0.692. The van der Waals surface area contributed by atoms with E-state index in [1.54, 1.807) is 13.3 Å². The van der Waals surface area contributed by atoms with Crippen molar-refractivity contribution < 1.29 is 4.74 Å². The van der Waals surface area contributed by atoms with Gasteiger partial charge in [-0.25, -0.2) is 4.99 Å². The SMILES string of the molecule is C=CCC1CCOCC1.CC=NC(C)=NC. The summed E-state index contributed by atoms with van der Waals surface area (Å²) >= 11 is 0. The lowest BCUT2D eigenvalue weighted by molar-refractivity contribution is 0.0673. The smallest absolute Gasteiger partial charge is 0.119 e. The third kappa shape index (κ3) is 8.36. The Hall–Kier alpha value is -0.960. The highest BCUT2D eigenvalue weighted by molar-refractivity contribution is 5.86. The van der Waals surface area contributed by atoms with Crippen molar-refractivity contribution >= 4 is 12.1 Å². The highest BCUT2D eigenvalue weighted by Crippen LogP contribution is 2.17. The first-order valence-electron chi connectivity index (χ1n) is 5.85. The second kappa shape index (κ2) is 10.6. The first-order valence-corrected chi connectivity index (χ1v) is 5.85. The van der Waals surface area contributed by atoms with Gasteiger partial charge >= 0.3 is 0 Å². The van der Waals surface area contributed by atoms with E-state index in [2.05, 4.69) is 16.6 Å². The molecule has 92 valence electrons. The molecule has 0 amide bonds. The summed E-state index contributed by atoms with van der Waals surface area (Å²) in [6, 6.07) is 0. The molecule has 1 heterocycles. The van der Waals surface area contributed by atoms with Crippen molar-refractivity contribution in [3.8, 4) is 0 Å². The predicted molar refractivity (Wildman–Crippen MR) is 71.6 cm³/mol. The van der Waals surface area contributed by atoms with Gasteiger partial charge in [-0.3, -0.25) is 4.99 Å². The Morgan fingerprint density at radius 3 is 2.44 bits per heavy atom. The second-order valence-corrected chi connectivity index (χ2v) is 3.74. The van der Waals surface area contributed by atoms with Crippen molar-refractivity contribution in [2.75, 3.05) is 20.3 Å². The third-order valence-electron chi connectivity index (χ3n) is 2.48. The number of allylic oxidation sites excluding steroid dienone is 1. The molecule has 16 heavy (non-hydrogen) atoms. The summed E-state index contributed by atoms with van der Waals surface area (Å²) in [6.07, 6.45) is 7.36. The molecule has 0 spiro atoms. The Balaban J connectivity index is 0.000000293. The summed E-state index contributed by atoms with van der Waals surface area (Å²) < 4.78 is 5.21. The fourth-order valence-corrected chi connectivity index (χ4v) is 1.46. The largest absolute Gasteiger partial charge is 0.381 e. The Kier molecular flexibility index (Phi) is 9.92. The van der Waals surface area contributed by atoms with Gasteiger partial charge in [0.2, 0.25) is 0 Å². The molecule has 0 aromatic carbocycles. The van der Waals surface area contributed by atoms with Gasteiger partial charge < -0.3 is 4.74 Å². The molecule has 1 aliphatic heterocycles. The van der Waals surface area contributed by atoms with Crippen LogP contribution in [0.25, 0.3) is 0 Å². The molecule has 0 atom stereocenters. The topological polar surface area (TPSA) is 34.0 Å². The van der Waals surface area contributed by atoms with E-state index in [0.29, 0.717) is 0 Å². The number of rotatable bonds is 2. The molecule has 3 nitrogen and oxygen atoms in total. The zero-order valence-electron chi connectivity index (χ0n) is 10.8. The minimum Gasteiger partial charge on any atom is -0.381 e. The second-order valence-electron chi connectivity index (χ2n) is 3.74. The van der Waals surface area contributed by atoms with Crippen LogP contribution in [-0.4, -0.2) is 32.3 Å². The van der Waals surface area contributed by atoms with Gasteiger partial charge in [0, 0.05) is 26.5 Å². The van der Waals surface area contributed by atoms with Crippen molar-refractivity contribution in [1.29, 1.82) is 0 Å². The molecule has 0 aromatic heterocycles. The Labute approximate surface area is 99.3 Å². The first kappa shape index (κ1) is 15.0. The number of hydrogen-bond donors (Lipinski definition) is 0. The Morgan fingerprint density at radius 2 is 2.06 bits per heavy atom. The van der Waals surface area contributed by atoms with Crippen molar-refractivity contribution in [1.82, 2.24) is 0 Å². The van der Waals surface area contributed by atoms with Crippen LogP contribution < -0.4 is 0 Å². The minimum absolute atomic E-state index is 0.822. The standard InChI is InChI=1S/C8H14O.C5H10N2/c1-2-3-8-4-6-9-7-5-8;1-4-7-5(2)6-3/h2,8H,1,3-7H2;4H,1-3H3. The summed E-state index contributed by atoms with van der Waals surface area (Å²) in [5.74, 6) is 1.68. The van der Waals surface area contributed by atoms with E-state index in [1.165, 1.54) is 19.3 Å². The number of aliphatic imine (C=N–C) groups is 2. The van der Waals surface area contributed by atoms with Crippen molar-refractivity contribution in [2.45, 2.75) is 33.1 Å².